The van der Waals surface area contributed by atoms with Crippen molar-refractivity contribution in [2.45, 2.75) is 69.0 Å². The quantitative estimate of drug-likeness (QED) is 0.634. The molecule has 1 saturated heterocycles. The molecule has 4 rings (SSSR count). The van der Waals surface area contributed by atoms with Crippen LogP contribution < -0.4 is 0 Å². The summed E-state index contributed by atoms with van der Waals surface area (Å²) in [5.74, 6) is 0.287. The Bertz CT molecular complexity index is 832. The summed E-state index contributed by atoms with van der Waals surface area (Å²) < 4.78 is 5.77. The summed E-state index contributed by atoms with van der Waals surface area (Å²) in [5.41, 5.74) is 5.90. The fourth-order valence-electron chi connectivity index (χ4n) is 4.70. The van der Waals surface area contributed by atoms with Gasteiger partial charge >= 0.3 is 0 Å². The van der Waals surface area contributed by atoms with Crippen molar-refractivity contribution in [3.05, 3.63) is 70.3 Å². The zero-order valence-corrected chi connectivity index (χ0v) is 16.7. The third kappa shape index (κ3) is 3.86. The van der Waals surface area contributed by atoms with Gasteiger partial charge in [0.15, 0.2) is 0 Å². The molecule has 1 fully saturated rings. The molecule has 0 spiro atoms. The van der Waals surface area contributed by atoms with E-state index in [9.17, 15) is 20.4 Å². The van der Waals surface area contributed by atoms with E-state index in [1.807, 2.05) is 6.07 Å². The van der Waals surface area contributed by atoms with Crippen molar-refractivity contribution in [3.8, 4) is 0 Å². The minimum atomic E-state index is -1.36. The van der Waals surface area contributed by atoms with Crippen LogP contribution >= 0.6 is 0 Å². The molecule has 0 radical (unpaired) electrons. The van der Waals surface area contributed by atoms with Gasteiger partial charge in [-0.3, -0.25) is 0 Å². The first-order valence-corrected chi connectivity index (χ1v) is 10.6. The average molecular weight is 398 g/mol. The molecule has 2 aliphatic rings. The molecular formula is C24H30O5. The number of aryl methyl sites for hydroxylation is 2. The first-order valence-electron chi connectivity index (χ1n) is 10.6. The molecule has 0 saturated carbocycles. The van der Waals surface area contributed by atoms with Crippen LogP contribution in [0, 0.1) is 0 Å². The molecule has 2 aromatic rings. The second kappa shape index (κ2) is 8.54. The maximum absolute atomic E-state index is 10.5. The van der Waals surface area contributed by atoms with Gasteiger partial charge < -0.3 is 25.2 Å². The molecular weight excluding hydrogens is 368 g/mol. The van der Waals surface area contributed by atoms with Crippen LogP contribution in [-0.4, -0.2) is 51.4 Å². The van der Waals surface area contributed by atoms with Crippen molar-refractivity contribution < 1.29 is 25.2 Å². The van der Waals surface area contributed by atoms with E-state index in [0.717, 1.165) is 31.2 Å². The number of ether oxygens (including phenoxy) is 1. The fourth-order valence-corrected chi connectivity index (χ4v) is 4.70. The lowest BCUT2D eigenvalue weighted by molar-refractivity contribution is -0.231. The highest BCUT2D eigenvalue weighted by Gasteiger charge is 2.44. The summed E-state index contributed by atoms with van der Waals surface area (Å²) in [5, 5.41) is 40.2. The van der Waals surface area contributed by atoms with E-state index < -0.39 is 37.1 Å². The first-order chi connectivity index (χ1) is 14.0. The van der Waals surface area contributed by atoms with Crippen molar-refractivity contribution in [2.75, 3.05) is 6.61 Å². The zero-order valence-electron chi connectivity index (χ0n) is 16.7. The Labute approximate surface area is 171 Å². The highest BCUT2D eigenvalue weighted by atomic mass is 16.5. The third-order valence-electron chi connectivity index (χ3n) is 6.50. The molecule has 6 unspecified atom stereocenters. The van der Waals surface area contributed by atoms with Gasteiger partial charge in [-0.05, 0) is 53.5 Å². The first kappa shape index (κ1) is 20.5. The van der Waals surface area contributed by atoms with Crippen molar-refractivity contribution in [3.63, 3.8) is 0 Å². The Hall–Kier alpha value is -1.76. The Kier molecular flexibility index (Phi) is 6.04. The third-order valence-corrected chi connectivity index (χ3v) is 6.50. The van der Waals surface area contributed by atoms with E-state index in [4.69, 9.17) is 4.74 Å². The van der Waals surface area contributed by atoms with Crippen LogP contribution in [0.15, 0.2) is 42.5 Å². The van der Waals surface area contributed by atoms with Crippen LogP contribution in [0.25, 0.3) is 0 Å². The highest BCUT2D eigenvalue weighted by molar-refractivity contribution is 5.43. The van der Waals surface area contributed by atoms with E-state index in [1.54, 1.807) is 0 Å². The number of rotatable bonds is 4. The van der Waals surface area contributed by atoms with Gasteiger partial charge in [-0.2, -0.15) is 0 Å². The standard InChI is InChI=1S/C24H30O5/c1-2-14-6-8-16(9-7-14)18-5-3-4-15-10-11-17(12-19(15)18)24-23(28)22(27)21(26)20(13-25)29-24/h6-12,18,20-28H,2-5,13H2,1H3. The van der Waals surface area contributed by atoms with Gasteiger partial charge in [-0.15, -0.1) is 0 Å². The lowest BCUT2D eigenvalue weighted by atomic mass is 9.77. The molecule has 1 aliphatic carbocycles. The lowest BCUT2D eigenvalue weighted by Crippen LogP contribution is -2.55. The second-order valence-corrected chi connectivity index (χ2v) is 8.25. The molecule has 5 nitrogen and oxygen atoms in total. The van der Waals surface area contributed by atoms with Crippen molar-refractivity contribution in [1.29, 1.82) is 0 Å². The molecule has 29 heavy (non-hydrogen) atoms. The summed E-state index contributed by atoms with van der Waals surface area (Å²) in [6.07, 6.45) is -1.41. The summed E-state index contributed by atoms with van der Waals surface area (Å²) in [4.78, 5) is 0. The Morgan fingerprint density at radius 1 is 0.931 bits per heavy atom. The summed E-state index contributed by atoms with van der Waals surface area (Å²) >= 11 is 0. The topological polar surface area (TPSA) is 90.2 Å². The number of hydrogen-bond donors (Lipinski definition) is 4. The van der Waals surface area contributed by atoms with Gasteiger partial charge in [0.05, 0.1) is 6.61 Å². The van der Waals surface area contributed by atoms with Crippen LogP contribution in [0.1, 0.15) is 59.6 Å². The van der Waals surface area contributed by atoms with Crippen LogP contribution in [-0.2, 0) is 17.6 Å². The summed E-state index contributed by atoms with van der Waals surface area (Å²) in [6.45, 7) is 1.73. The second-order valence-electron chi connectivity index (χ2n) is 8.25. The zero-order chi connectivity index (χ0) is 20.5. The van der Waals surface area contributed by atoms with Crippen LogP contribution in [0.3, 0.4) is 0 Å². The van der Waals surface area contributed by atoms with E-state index in [1.165, 1.54) is 22.3 Å². The lowest BCUT2D eigenvalue weighted by Gasteiger charge is -2.40. The van der Waals surface area contributed by atoms with Crippen molar-refractivity contribution in [2.24, 2.45) is 0 Å². The maximum Gasteiger partial charge on any atom is 0.113 e. The average Bonchev–Trinajstić information content (AvgIpc) is 2.77. The predicted molar refractivity (Wildman–Crippen MR) is 110 cm³/mol. The smallest absolute Gasteiger partial charge is 0.113 e. The predicted octanol–water partition coefficient (Wildman–Crippen LogP) is 2.23. The van der Waals surface area contributed by atoms with E-state index in [0.29, 0.717) is 0 Å². The number of benzene rings is 2. The van der Waals surface area contributed by atoms with Gasteiger partial charge in [0.1, 0.15) is 30.5 Å². The normalized spacial score (nSPS) is 32.0. The van der Waals surface area contributed by atoms with Gasteiger partial charge in [0.25, 0.3) is 0 Å². The minimum Gasteiger partial charge on any atom is -0.394 e. The summed E-state index contributed by atoms with van der Waals surface area (Å²) in [6, 6.07) is 14.9. The van der Waals surface area contributed by atoms with Crippen molar-refractivity contribution in [1.82, 2.24) is 0 Å². The summed E-state index contributed by atoms with van der Waals surface area (Å²) in [7, 11) is 0. The van der Waals surface area contributed by atoms with Crippen LogP contribution in [0.2, 0.25) is 0 Å². The van der Waals surface area contributed by atoms with Gasteiger partial charge in [0.2, 0.25) is 0 Å². The molecule has 1 heterocycles. The molecule has 0 bridgehead atoms. The fraction of sp³-hybridized carbons (Fsp3) is 0.500. The molecule has 1 aliphatic heterocycles. The van der Waals surface area contributed by atoms with Crippen molar-refractivity contribution >= 4 is 0 Å². The Balaban J connectivity index is 1.67. The van der Waals surface area contributed by atoms with E-state index >= 15 is 0 Å². The number of aliphatic hydroxyl groups excluding tert-OH is 4. The largest absolute Gasteiger partial charge is 0.394 e. The molecule has 6 atom stereocenters. The van der Waals surface area contributed by atoms with Crippen LogP contribution in [0.4, 0.5) is 0 Å². The molecule has 0 aromatic heterocycles. The molecule has 0 amide bonds. The molecule has 2 aromatic carbocycles. The van der Waals surface area contributed by atoms with Gasteiger partial charge in [0, 0.05) is 5.92 Å². The number of hydrogen-bond acceptors (Lipinski definition) is 5. The monoisotopic (exact) mass is 398 g/mol. The highest BCUT2D eigenvalue weighted by Crippen LogP contribution is 2.40. The Morgan fingerprint density at radius 2 is 1.66 bits per heavy atom. The SMILES string of the molecule is CCc1ccc(C2CCCc3ccc(C4OC(CO)C(O)C(O)C4O)cc32)cc1. The van der Waals surface area contributed by atoms with Gasteiger partial charge in [-0.25, -0.2) is 0 Å². The minimum absolute atomic E-state index is 0.287. The van der Waals surface area contributed by atoms with Crippen LogP contribution in [0.5, 0.6) is 0 Å². The maximum atomic E-state index is 10.5. The van der Waals surface area contributed by atoms with E-state index in [2.05, 4.69) is 43.3 Å². The molecule has 156 valence electrons. The Morgan fingerprint density at radius 3 is 2.34 bits per heavy atom. The van der Waals surface area contributed by atoms with E-state index in [-0.39, 0.29) is 5.92 Å². The number of aliphatic hydroxyl groups is 4. The van der Waals surface area contributed by atoms with Gasteiger partial charge in [-0.1, -0.05) is 49.4 Å². The molecule has 5 heteroatoms. The number of fused-ring (bicyclic) bond motifs is 1. The molecule has 4 N–H and O–H groups in total.